The first-order valence-corrected chi connectivity index (χ1v) is 7.43. The van der Waals surface area contributed by atoms with Gasteiger partial charge in [0, 0.05) is 24.2 Å². The van der Waals surface area contributed by atoms with Crippen LogP contribution < -0.4 is 0 Å². The molecule has 1 aliphatic rings. The number of allylic oxidation sites excluding steroid dienone is 1. The summed E-state index contributed by atoms with van der Waals surface area (Å²) in [5.74, 6) is 0.941. The molecular weight excluding hydrogens is 220 g/mol. The Labute approximate surface area is 104 Å². The quantitative estimate of drug-likeness (QED) is 0.503. The third-order valence-corrected chi connectivity index (χ3v) is 3.90. The Kier molecular flexibility index (Phi) is 7.99. The second-order valence-corrected chi connectivity index (χ2v) is 5.20. The van der Waals surface area contributed by atoms with E-state index in [4.69, 9.17) is 9.47 Å². The second-order valence-electron chi connectivity index (χ2n) is 3.92. The van der Waals surface area contributed by atoms with E-state index < -0.39 is 0 Å². The molecule has 0 N–H and O–H groups in total. The van der Waals surface area contributed by atoms with E-state index >= 15 is 0 Å². The van der Waals surface area contributed by atoms with Crippen molar-refractivity contribution in [2.45, 2.75) is 51.1 Å². The van der Waals surface area contributed by atoms with Crippen molar-refractivity contribution in [2.24, 2.45) is 0 Å². The summed E-state index contributed by atoms with van der Waals surface area (Å²) in [6.07, 6.45) is 9.88. The molecule has 0 aromatic carbocycles. The molecule has 3 heteroatoms. The highest BCUT2D eigenvalue weighted by Gasteiger charge is 2.13. The Morgan fingerprint density at radius 2 is 2.00 bits per heavy atom. The summed E-state index contributed by atoms with van der Waals surface area (Å²) in [5.41, 5.74) is 0. The average molecular weight is 244 g/mol. The van der Waals surface area contributed by atoms with Gasteiger partial charge in [-0.2, -0.15) is 0 Å². The van der Waals surface area contributed by atoms with E-state index in [1.165, 1.54) is 25.7 Å². The van der Waals surface area contributed by atoms with Crippen molar-refractivity contribution in [1.29, 1.82) is 0 Å². The van der Waals surface area contributed by atoms with Gasteiger partial charge in [-0.1, -0.05) is 18.6 Å². The van der Waals surface area contributed by atoms with Crippen LogP contribution in [0.4, 0.5) is 0 Å². The van der Waals surface area contributed by atoms with E-state index in [1.807, 2.05) is 25.6 Å². The standard InChI is InChI=1S/C13H24O2S/c1-3-14-13(15-4-2)11-16-12-9-7-5-6-8-10-12/h7,9,12-13H,3-6,8,10-11H2,1-2H3. The van der Waals surface area contributed by atoms with E-state index in [-0.39, 0.29) is 6.29 Å². The molecule has 16 heavy (non-hydrogen) atoms. The molecular formula is C13H24O2S. The summed E-state index contributed by atoms with van der Waals surface area (Å²) in [5, 5.41) is 0.658. The van der Waals surface area contributed by atoms with Gasteiger partial charge in [-0.15, -0.1) is 11.8 Å². The molecule has 0 spiro atoms. The fraction of sp³-hybridized carbons (Fsp3) is 0.846. The summed E-state index contributed by atoms with van der Waals surface area (Å²) >= 11 is 1.96. The lowest BCUT2D eigenvalue weighted by atomic mass is 10.2. The zero-order valence-corrected chi connectivity index (χ0v) is 11.3. The molecule has 1 aliphatic carbocycles. The maximum Gasteiger partial charge on any atom is 0.166 e. The number of hydrogen-bond acceptors (Lipinski definition) is 3. The SMILES string of the molecule is CCOC(CSC1C=CCCCC1)OCC. The Morgan fingerprint density at radius 1 is 1.25 bits per heavy atom. The van der Waals surface area contributed by atoms with Crippen molar-refractivity contribution in [3.8, 4) is 0 Å². The normalized spacial score (nSPS) is 21.3. The molecule has 0 aromatic heterocycles. The highest BCUT2D eigenvalue weighted by atomic mass is 32.2. The lowest BCUT2D eigenvalue weighted by Crippen LogP contribution is -2.21. The van der Waals surface area contributed by atoms with Crippen molar-refractivity contribution in [1.82, 2.24) is 0 Å². The molecule has 94 valence electrons. The van der Waals surface area contributed by atoms with Crippen LogP contribution in [0, 0.1) is 0 Å². The monoisotopic (exact) mass is 244 g/mol. The zero-order valence-electron chi connectivity index (χ0n) is 10.5. The lowest BCUT2D eigenvalue weighted by Gasteiger charge is -2.18. The predicted octanol–water partition coefficient (Wildman–Crippen LogP) is 3.62. The van der Waals surface area contributed by atoms with Gasteiger partial charge in [0.25, 0.3) is 0 Å². The van der Waals surface area contributed by atoms with E-state index in [2.05, 4.69) is 12.2 Å². The van der Waals surface area contributed by atoms with Crippen LogP contribution in [0.15, 0.2) is 12.2 Å². The molecule has 0 amide bonds. The van der Waals surface area contributed by atoms with Gasteiger partial charge in [0.05, 0.1) is 0 Å². The smallest absolute Gasteiger partial charge is 0.166 e. The van der Waals surface area contributed by atoms with Crippen LogP contribution in [0.2, 0.25) is 0 Å². The first-order chi connectivity index (χ1) is 7.86. The van der Waals surface area contributed by atoms with E-state index in [9.17, 15) is 0 Å². The predicted molar refractivity (Wildman–Crippen MR) is 70.9 cm³/mol. The van der Waals surface area contributed by atoms with Gasteiger partial charge in [0.1, 0.15) is 0 Å². The third-order valence-electron chi connectivity index (χ3n) is 2.61. The highest BCUT2D eigenvalue weighted by molar-refractivity contribution is 8.00. The van der Waals surface area contributed by atoms with Crippen LogP contribution in [0.5, 0.6) is 0 Å². The van der Waals surface area contributed by atoms with Crippen LogP contribution in [0.25, 0.3) is 0 Å². The molecule has 0 heterocycles. The summed E-state index contributed by atoms with van der Waals surface area (Å²) in [6.45, 7) is 5.49. The zero-order chi connectivity index (χ0) is 11.6. The Bertz CT molecular complexity index is 188. The molecule has 1 rings (SSSR count). The van der Waals surface area contributed by atoms with Crippen molar-refractivity contribution in [3.05, 3.63) is 12.2 Å². The fourth-order valence-corrected chi connectivity index (χ4v) is 2.96. The summed E-state index contributed by atoms with van der Waals surface area (Å²) < 4.78 is 11.1. The molecule has 0 aliphatic heterocycles. The molecule has 1 atom stereocenters. The second kappa shape index (κ2) is 9.08. The van der Waals surface area contributed by atoms with Crippen molar-refractivity contribution < 1.29 is 9.47 Å². The summed E-state index contributed by atoms with van der Waals surface area (Å²) in [7, 11) is 0. The highest BCUT2D eigenvalue weighted by Crippen LogP contribution is 2.24. The molecule has 0 aromatic rings. The van der Waals surface area contributed by atoms with E-state index in [1.54, 1.807) is 0 Å². The number of ether oxygens (including phenoxy) is 2. The Hall–Kier alpha value is 0.01000. The third kappa shape index (κ3) is 5.92. The van der Waals surface area contributed by atoms with Gasteiger partial charge in [0.2, 0.25) is 0 Å². The molecule has 0 saturated carbocycles. The first kappa shape index (κ1) is 14.1. The molecule has 0 radical (unpaired) electrons. The maximum atomic E-state index is 5.54. The van der Waals surface area contributed by atoms with Crippen molar-refractivity contribution >= 4 is 11.8 Å². The summed E-state index contributed by atoms with van der Waals surface area (Å²) in [4.78, 5) is 0. The number of hydrogen-bond donors (Lipinski definition) is 0. The van der Waals surface area contributed by atoms with Crippen molar-refractivity contribution in [2.75, 3.05) is 19.0 Å². The van der Waals surface area contributed by atoms with E-state index in [0.717, 1.165) is 19.0 Å². The van der Waals surface area contributed by atoms with Gasteiger partial charge < -0.3 is 9.47 Å². The first-order valence-electron chi connectivity index (χ1n) is 6.38. The molecule has 2 nitrogen and oxygen atoms in total. The molecule has 0 fully saturated rings. The minimum atomic E-state index is -0.0309. The Balaban J connectivity index is 2.23. The van der Waals surface area contributed by atoms with Gasteiger partial charge in [0.15, 0.2) is 6.29 Å². The Morgan fingerprint density at radius 3 is 2.69 bits per heavy atom. The molecule has 0 bridgehead atoms. The summed E-state index contributed by atoms with van der Waals surface area (Å²) in [6, 6.07) is 0. The van der Waals surface area contributed by atoms with Crippen LogP contribution >= 0.6 is 11.8 Å². The number of rotatable bonds is 7. The van der Waals surface area contributed by atoms with Gasteiger partial charge >= 0.3 is 0 Å². The van der Waals surface area contributed by atoms with Gasteiger partial charge in [-0.3, -0.25) is 0 Å². The van der Waals surface area contributed by atoms with Crippen LogP contribution in [-0.4, -0.2) is 30.5 Å². The van der Waals surface area contributed by atoms with Crippen LogP contribution in [0.1, 0.15) is 39.5 Å². The largest absolute Gasteiger partial charge is 0.352 e. The lowest BCUT2D eigenvalue weighted by molar-refractivity contribution is -0.120. The van der Waals surface area contributed by atoms with Gasteiger partial charge in [-0.25, -0.2) is 0 Å². The topological polar surface area (TPSA) is 18.5 Å². The minimum absolute atomic E-state index is 0.0309. The van der Waals surface area contributed by atoms with Gasteiger partial charge in [-0.05, 0) is 33.1 Å². The molecule has 1 unspecified atom stereocenters. The van der Waals surface area contributed by atoms with Crippen LogP contribution in [0.3, 0.4) is 0 Å². The average Bonchev–Trinajstić information content (AvgIpc) is 2.55. The molecule has 0 saturated heterocycles. The van der Waals surface area contributed by atoms with E-state index in [0.29, 0.717) is 5.25 Å². The minimum Gasteiger partial charge on any atom is -0.352 e. The van der Waals surface area contributed by atoms with Crippen LogP contribution in [-0.2, 0) is 9.47 Å². The maximum absolute atomic E-state index is 5.54. The fourth-order valence-electron chi connectivity index (χ4n) is 1.81. The number of thioether (sulfide) groups is 1. The van der Waals surface area contributed by atoms with Crippen molar-refractivity contribution in [3.63, 3.8) is 0 Å².